The Hall–Kier alpha value is -3.92. The van der Waals surface area contributed by atoms with Gasteiger partial charge in [0.15, 0.2) is 11.5 Å². The molecule has 1 aliphatic heterocycles. The summed E-state index contributed by atoms with van der Waals surface area (Å²) in [6.07, 6.45) is 0. The Morgan fingerprint density at radius 1 is 0.788 bits per heavy atom. The van der Waals surface area contributed by atoms with Crippen LogP contribution >= 0.6 is 0 Å². The smallest absolute Gasteiger partial charge is 0.208 e. The van der Waals surface area contributed by atoms with E-state index in [2.05, 4.69) is 16.8 Å². The SMILES string of the molecule is CCN1CCN(c2cc(-c3ccc(F)cc3)c3c(n2)\C(O)=C(O)/C(O)=C(O)\C(O)=C/3O)CC1. The third-order valence-corrected chi connectivity index (χ3v) is 5.89. The molecule has 9 nitrogen and oxygen atoms in total. The van der Waals surface area contributed by atoms with E-state index in [1.807, 2.05) is 4.90 Å². The van der Waals surface area contributed by atoms with Crippen molar-refractivity contribution in [1.29, 1.82) is 0 Å². The summed E-state index contributed by atoms with van der Waals surface area (Å²) in [6, 6.07) is 6.93. The quantitative estimate of drug-likeness (QED) is 0.404. The molecule has 6 N–H and O–H groups in total. The Labute approximate surface area is 188 Å². The van der Waals surface area contributed by atoms with E-state index in [4.69, 9.17) is 0 Å². The molecule has 0 saturated carbocycles. The number of aliphatic hydroxyl groups excluding tert-OH is 6. The summed E-state index contributed by atoms with van der Waals surface area (Å²) in [7, 11) is 0. The van der Waals surface area contributed by atoms with Gasteiger partial charge < -0.3 is 40.4 Å². The number of anilines is 1. The standard InChI is InChI=1S/C23H24FN3O6/c1-2-26-7-9-27(10-8-26)15-11-14(12-3-5-13(24)6-4-12)16-17(25-15)19(29)21(31)23(33)22(32)20(30)18(16)28/h3-6,11,28-33H,2,7-10H2,1H3/b18-16?,19-17?,20-18-,21-19-,22-20?,23-21?,23-22-. The minimum absolute atomic E-state index is 0.210. The molecule has 1 aromatic carbocycles. The van der Waals surface area contributed by atoms with Gasteiger partial charge in [0.05, 0.1) is 5.56 Å². The van der Waals surface area contributed by atoms with Gasteiger partial charge in [0.1, 0.15) is 17.3 Å². The maximum Gasteiger partial charge on any atom is 0.208 e. The van der Waals surface area contributed by atoms with Crippen molar-refractivity contribution < 1.29 is 35.0 Å². The molecule has 0 spiro atoms. The lowest BCUT2D eigenvalue weighted by Gasteiger charge is -2.35. The van der Waals surface area contributed by atoms with E-state index in [0.29, 0.717) is 24.5 Å². The number of pyridine rings is 1. The van der Waals surface area contributed by atoms with Crippen molar-refractivity contribution in [2.75, 3.05) is 37.6 Å². The van der Waals surface area contributed by atoms with Crippen molar-refractivity contribution >= 4 is 17.3 Å². The van der Waals surface area contributed by atoms with Crippen molar-refractivity contribution in [1.82, 2.24) is 9.88 Å². The van der Waals surface area contributed by atoms with E-state index in [1.54, 1.807) is 6.07 Å². The minimum Gasteiger partial charge on any atom is -0.504 e. The van der Waals surface area contributed by atoms with Crippen molar-refractivity contribution in [3.05, 3.63) is 70.4 Å². The van der Waals surface area contributed by atoms with Crippen molar-refractivity contribution in [2.24, 2.45) is 0 Å². The van der Waals surface area contributed by atoms with Crippen molar-refractivity contribution in [2.45, 2.75) is 6.92 Å². The maximum absolute atomic E-state index is 13.6. The van der Waals surface area contributed by atoms with Crippen LogP contribution in [0.1, 0.15) is 18.2 Å². The summed E-state index contributed by atoms with van der Waals surface area (Å²) in [4.78, 5) is 8.62. The van der Waals surface area contributed by atoms with Crippen LogP contribution < -0.4 is 4.90 Å². The fraction of sp³-hybridized carbons (Fsp3) is 0.261. The highest BCUT2D eigenvalue weighted by Crippen LogP contribution is 2.40. The lowest BCUT2D eigenvalue weighted by molar-refractivity contribution is 0.252. The molecule has 174 valence electrons. The zero-order chi connectivity index (χ0) is 23.9. The van der Waals surface area contributed by atoms with Gasteiger partial charge in [-0.3, -0.25) is 0 Å². The average molecular weight is 457 g/mol. The second kappa shape index (κ2) is 8.55. The van der Waals surface area contributed by atoms with Crippen LogP contribution in [0, 0.1) is 5.82 Å². The Morgan fingerprint density at radius 3 is 1.91 bits per heavy atom. The van der Waals surface area contributed by atoms with Gasteiger partial charge >= 0.3 is 0 Å². The van der Waals surface area contributed by atoms with E-state index >= 15 is 0 Å². The second-order valence-corrected chi connectivity index (χ2v) is 7.77. The number of halogens is 1. The van der Waals surface area contributed by atoms with E-state index < -0.39 is 40.4 Å². The number of piperazine rings is 1. The lowest BCUT2D eigenvalue weighted by atomic mass is 9.94. The predicted octanol–water partition coefficient (Wildman–Crippen LogP) is 3.94. The molecule has 1 saturated heterocycles. The lowest BCUT2D eigenvalue weighted by Crippen LogP contribution is -2.46. The van der Waals surface area contributed by atoms with Gasteiger partial charge in [-0.25, -0.2) is 9.37 Å². The second-order valence-electron chi connectivity index (χ2n) is 7.77. The van der Waals surface area contributed by atoms with Crippen LogP contribution in [0.4, 0.5) is 10.2 Å². The Balaban J connectivity index is 2.00. The maximum atomic E-state index is 13.6. The first-order chi connectivity index (χ1) is 15.7. The molecule has 2 aromatic rings. The highest BCUT2D eigenvalue weighted by molar-refractivity contribution is 5.88. The van der Waals surface area contributed by atoms with Crippen molar-refractivity contribution in [3.63, 3.8) is 0 Å². The first kappa shape index (κ1) is 22.3. The fourth-order valence-electron chi connectivity index (χ4n) is 3.93. The molecule has 10 heteroatoms. The van der Waals surface area contributed by atoms with Gasteiger partial charge in [-0.2, -0.15) is 0 Å². The van der Waals surface area contributed by atoms with E-state index in [0.717, 1.165) is 19.6 Å². The van der Waals surface area contributed by atoms with E-state index in [9.17, 15) is 35.0 Å². The monoisotopic (exact) mass is 457 g/mol. The fourth-order valence-corrected chi connectivity index (χ4v) is 3.93. The molecule has 0 bridgehead atoms. The molecule has 1 aromatic heterocycles. The van der Waals surface area contributed by atoms with Crippen LogP contribution in [0.15, 0.2) is 53.4 Å². The number of hydrogen-bond donors (Lipinski definition) is 6. The van der Waals surface area contributed by atoms with Crippen molar-refractivity contribution in [3.8, 4) is 11.1 Å². The van der Waals surface area contributed by atoms with Gasteiger partial charge in [0.25, 0.3) is 0 Å². The number of rotatable bonds is 3. The number of nitrogens with zero attached hydrogens (tertiary/aromatic N) is 3. The van der Waals surface area contributed by atoms with Gasteiger partial charge in [0.2, 0.25) is 23.0 Å². The molecule has 0 unspecified atom stereocenters. The summed E-state index contributed by atoms with van der Waals surface area (Å²) in [5.41, 5.74) is 0.136. The van der Waals surface area contributed by atoms with Gasteiger partial charge in [-0.05, 0) is 35.9 Å². The molecule has 0 atom stereocenters. The molecule has 1 aliphatic carbocycles. The van der Waals surface area contributed by atoms with Gasteiger partial charge in [0, 0.05) is 26.2 Å². The highest BCUT2D eigenvalue weighted by atomic mass is 19.1. The van der Waals surface area contributed by atoms with Crippen LogP contribution in [0.5, 0.6) is 0 Å². The molecule has 0 radical (unpaired) electrons. The number of fused-ring (bicyclic) bond motifs is 1. The Morgan fingerprint density at radius 2 is 1.33 bits per heavy atom. The number of aliphatic hydroxyl groups is 6. The molecule has 4 rings (SSSR count). The predicted molar refractivity (Wildman–Crippen MR) is 121 cm³/mol. The molecule has 2 aliphatic rings. The van der Waals surface area contributed by atoms with Gasteiger partial charge in [-0.1, -0.05) is 19.1 Å². The number of aromatic nitrogens is 1. The third-order valence-electron chi connectivity index (χ3n) is 5.89. The molecular formula is C23H24FN3O6. The first-order valence-corrected chi connectivity index (χ1v) is 10.4. The number of likely N-dealkylation sites (N-methyl/N-ethyl adjacent to an activating group) is 1. The Kier molecular flexibility index (Phi) is 5.77. The third kappa shape index (κ3) is 3.89. The topological polar surface area (TPSA) is 141 Å². The van der Waals surface area contributed by atoms with E-state index in [-0.39, 0.29) is 16.8 Å². The summed E-state index contributed by atoms with van der Waals surface area (Å²) < 4.78 is 13.6. The van der Waals surface area contributed by atoms with E-state index in [1.165, 1.54) is 24.3 Å². The molecular weight excluding hydrogens is 433 g/mol. The molecule has 33 heavy (non-hydrogen) atoms. The van der Waals surface area contributed by atoms with Crippen LogP contribution in [-0.2, 0) is 0 Å². The zero-order valence-corrected chi connectivity index (χ0v) is 17.8. The number of hydrogen-bond acceptors (Lipinski definition) is 9. The first-order valence-electron chi connectivity index (χ1n) is 10.4. The summed E-state index contributed by atoms with van der Waals surface area (Å²) in [6.45, 7) is 5.76. The molecule has 1 fully saturated rings. The zero-order valence-electron chi connectivity index (χ0n) is 17.8. The summed E-state index contributed by atoms with van der Waals surface area (Å²) in [5, 5.41) is 62.1. The summed E-state index contributed by atoms with van der Waals surface area (Å²) in [5.74, 6) is -6.58. The van der Waals surface area contributed by atoms with Gasteiger partial charge in [-0.15, -0.1) is 0 Å². The minimum atomic E-state index is -1.23. The van der Waals surface area contributed by atoms with Crippen LogP contribution in [0.3, 0.4) is 0 Å². The average Bonchev–Trinajstić information content (AvgIpc) is 2.85. The van der Waals surface area contributed by atoms with Crippen LogP contribution in [0.2, 0.25) is 0 Å². The van der Waals surface area contributed by atoms with Crippen LogP contribution in [0.25, 0.3) is 22.6 Å². The summed E-state index contributed by atoms with van der Waals surface area (Å²) >= 11 is 0. The molecule has 2 heterocycles. The Bertz CT molecular complexity index is 1180. The molecule has 0 amide bonds. The highest BCUT2D eigenvalue weighted by Gasteiger charge is 2.32. The van der Waals surface area contributed by atoms with Crippen LogP contribution in [-0.4, -0.2) is 73.2 Å². The largest absolute Gasteiger partial charge is 0.504 e. The normalized spacial score (nSPS) is 24.4. The number of benzene rings is 1.